The predicted molar refractivity (Wildman–Crippen MR) is 163 cm³/mol. The van der Waals surface area contributed by atoms with Gasteiger partial charge in [0.1, 0.15) is 11.5 Å². The van der Waals surface area contributed by atoms with Gasteiger partial charge in [-0.15, -0.1) is 0 Å². The normalized spacial score (nSPS) is 12.2. The van der Waals surface area contributed by atoms with Crippen molar-refractivity contribution in [1.29, 1.82) is 0 Å². The van der Waals surface area contributed by atoms with Crippen molar-refractivity contribution in [1.82, 2.24) is 0 Å². The number of unbranched alkanes of at least 4 members (excludes halogenated alkanes) is 8. The van der Waals surface area contributed by atoms with Gasteiger partial charge in [0.05, 0.1) is 31.8 Å². The number of aliphatic hydroxyl groups excluding tert-OH is 3. The molecule has 0 aliphatic carbocycles. The van der Waals surface area contributed by atoms with Crippen LogP contribution in [-0.2, 0) is 20.4 Å². The van der Waals surface area contributed by atoms with Crippen LogP contribution in [0.25, 0.3) is 0 Å². The fraction of sp³-hybridized carbons (Fsp3) is 0.788. The Bertz CT molecular complexity index is 774. The fourth-order valence-corrected chi connectivity index (χ4v) is 4.10. The molecule has 0 amide bonds. The van der Waals surface area contributed by atoms with E-state index in [1.807, 2.05) is 41.5 Å². The van der Waals surface area contributed by atoms with Crippen LogP contribution in [0.4, 0.5) is 0 Å². The second-order valence-electron chi connectivity index (χ2n) is 13.0. The number of hydrogen-bond acceptors (Lipinski definition) is 7. The van der Waals surface area contributed by atoms with E-state index in [1.165, 1.54) is 44.9 Å². The summed E-state index contributed by atoms with van der Waals surface area (Å²) in [6, 6.07) is 3.52. The third kappa shape index (κ3) is 14.8. The summed E-state index contributed by atoms with van der Waals surface area (Å²) in [5.41, 5.74) is 0.254. The predicted octanol–water partition coefficient (Wildman–Crippen LogP) is 6.80. The van der Waals surface area contributed by atoms with Gasteiger partial charge in [0.25, 0.3) is 0 Å². The van der Waals surface area contributed by atoms with E-state index in [4.69, 9.17) is 24.8 Å². The number of hydrogen-bond donors (Lipinski definition) is 4. The molecule has 0 atom stereocenters. The Morgan fingerprint density at radius 2 is 1.15 bits per heavy atom. The van der Waals surface area contributed by atoms with Crippen molar-refractivity contribution in [2.45, 2.75) is 130 Å². The van der Waals surface area contributed by atoms with Crippen molar-refractivity contribution in [3.8, 4) is 11.5 Å². The van der Waals surface area contributed by atoms with Gasteiger partial charge in [0.15, 0.2) is 0 Å². The minimum atomic E-state index is -0.890. The first-order chi connectivity index (χ1) is 18.7. The first kappa shape index (κ1) is 38.3. The van der Waals surface area contributed by atoms with Crippen LogP contribution in [0.15, 0.2) is 12.1 Å². The molecule has 0 unspecified atom stereocenters. The average molecular weight is 569 g/mol. The van der Waals surface area contributed by atoms with Crippen LogP contribution >= 0.6 is 0 Å². The van der Waals surface area contributed by atoms with E-state index in [-0.39, 0.29) is 43.2 Å². The van der Waals surface area contributed by atoms with E-state index >= 15 is 0 Å². The molecule has 0 saturated heterocycles. The average Bonchev–Trinajstić information content (AvgIpc) is 2.89. The summed E-state index contributed by atoms with van der Waals surface area (Å²) in [4.78, 5) is 11.5. The van der Waals surface area contributed by atoms with Crippen LogP contribution in [-0.4, -0.2) is 59.4 Å². The molecular weight excluding hydrogens is 508 g/mol. The molecule has 0 spiro atoms. The molecule has 7 heteroatoms. The number of carbonyl (C=O) groups excluding carboxylic acids is 1. The van der Waals surface area contributed by atoms with Crippen LogP contribution in [0.3, 0.4) is 0 Å². The number of phenolic OH excluding ortho intramolecular Hbond substituents is 1. The molecule has 7 nitrogen and oxygen atoms in total. The molecule has 1 aromatic carbocycles. The summed E-state index contributed by atoms with van der Waals surface area (Å²) in [5.74, 6) is 0.529. The lowest BCUT2D eigenvalue weighted by molar-refractivity contribution is -0.134. The monoisotopic (exact) mass is 568 g/mol. The van der Waals surface area contributed by atoms with E-state index in [0.717, 1.165) is 24.0 Å². The molecule has 4 N–H and O–H groups in total. The third-order valence-electron chi connectivity index (χ3n) is 7.03. The summed E-state index contributed by atoms with van der Waals surface area (Å²) < 4.78 is 10.8. The maximum Gasteiger partial charge on any atom is 0.310 e. The Labute approximate surface area is 244 Å². The van der Waals surface area contributed by atoms with Crippen LogP contribution in [0.1, 0.15) is 131 Å². The highest BCUT2D eigenvalue weighted by Crippen LogP contribution is 2.41. The summed E-state index contributed by atoms with van der Waals surface area (Å²) in [7, 11) is 0. The maximum atomic E-state index is 11.5. The van der Waals surface area contributed by atoms with Crippen LogP contribution in [0.2, 0.25) is 0 Å². The number of aromatic hydroxyl groups is 1. The molecule has 0 fully saturated rings. The van der Waals surface area contributed by atoms with Crippen molar-refractivity contribution in [3.63, 3.8) is 0 Å². The first-order valence-corrected chi connectivity index (χ1v) is 15.2. The topological polar surface area (TPSA) is 116 Å². The molecule has 0 aromatic heterocycles. The first-order valence-electron chi connectivity index (χ1n) is 15.2. The Balaban J connectivity index is 0.000000760. The third-order valence-corrected chi connectivity index (χ3v) is 7.03. The van der Waals surface area contributed by atoms with Crippen LogP contribution in [0, 0.1) is 5.41 Å². The van der Waals surface area contributed by atoms with Gasteiger partial charge in [-0.2, -0.15) is 0 Å². The van der Waals surface area contributed by atoms with Crippen molar-refractivity contribution in [2.24, 2.45) is 5.41 Å². The zero-order valence-corrected chi connectivity index (χ0v) is 26.8. The molecule has 0 aliphatic rings. The van der Waals surface area contributed by atoms with Crippen molar-refractivity contribution in [3.05, 3.63) is 23.3 Å². The minimum Gasteiger partial charge on any atom is -0.507 e. The van der Waals surface area contributed by atoms with Crippen LogP contribution < -0.4 is 4.74 Å². The lowest BCUT2D eigenvalue weighted by atomic mass is 9.79. The smallest absolute Gasteiger partial charge is 0.310 e. The van der Waals surface area contributed by atoms with Gasteiger partial charge in [-0.3, -0.25) is 4.79 Å². The maximum absolute atomic E-state index is 11.5. The van der Waals surface area contributed by atoms with Gasteiger partial charge in [-0.05, 0) is 29.4 Å². The molecule has 1 rings (SSSR count). The van der Waals surface area contributed by atoms with E-state index in [9.17, 15) is 9.90 Å². The van der Waals surface area contributed by atoms with Crippen molar-refractivity contribution < 1.29 is 34.7 Å². The van der Waals surface area contributed by atoms with E-state index in [1.54, 1.807) is 19.1 Å². The Hall–Kier alpha value is -1.67. The summed E-state index contributed by atoms with van der Waals surface area (Å²) in [5, 5.41) is 37.9. The lowest BCUT2D eigenvalue weighted by Crippen LogP contribution is -2.38. The number of ether oxygens (including phenoxy) is 2. The highest BCUT2D eigenvalue weighted by atomic mass is 16.5. The largest absolute Gasteiger partial charge is 0.507 e. The standard InChI is InChI=1S/C17H26O3.C16H34O4/c1-8-14(18)20-11-9-12(16(2,3)4)15(19)13(10-11)17(5,6)7;1-2-3-4-5-6-7-8-9-10-11-20-15-16(12-17,13-18)14-19/h9-10,19H,8H2,1-7H3;17-19H,2-15H2,1H3. The van der Waals surface area contributed by atoms with Crippen LogP contribution in [0.5, 0.6) is 11.5 Å². The molecule has 40 heavy (non-hydrogen) atoms. The van der Waals surface area contributed by atoms with Gasteiger partial charge in [0.2, 0.25) is 0 Å². The van der Waals surface area contributed by atoms with Gasteiger partial charge < -0.3 is 29.9 Å². The molecule has 0 saturated carbocycles. The van der Waals surface area contributed by atoms with Gasteiger partial charge >= 0.3 is 5.97 Å². The van der Waals surface area contributed by atoms with Gasteiger partial charge in [-0.1, -0.05) is 107 Å². The van der Waals surface area contributed by atoms with Crippen molar-refractivity contribution >= 4 is 5.97 Å². The highest BCUT2D eigenvalue weighted by molar-refractivity contribution is 5.72. The van der Waals surface area contributed by atoms with E-state index < -0.39 is 5.41 Å². The second kappa shape index (κ2) is 19.5. The quantitative estimate of drug-likeness (QED) is 0.0927. The molecule has 0 radical (unpaired) electrons. The fourth-order valence-electron chi connectivity index (χ4n) is 4.10. The highest BCUT2D eigenvalue weighted by Gasteiger charge is 2.29. The summed E-state index contributed by atoms with van der Waals surface area (Å²) >= 11 is 0. The number of aliphatic hydroxyl groups is 3. The number of rotatable bonds is 17. The Morgan fingerprint density at radius 3 is 1.52 bits per heavy atom. The SMILES string of the molecule is CCC(=O)Oc1cc(C(C)(C)C)c(O)c(C(C)(C)C)c1.CCCCCCCCCCCOCC(CO)(CO)CO. The number of benzene rings is 1. The minimum absolute atomic E-state index is 0.216. The van der Waals surface area contributed by atoms with E-state index in [2.05, 4.69) is 6.92 Å². The number of esters is 1. The number of carbonyl (C=O) groups is 1. The molecule has 0 heterocycles. The number of phenols is 1. The molecule has 1 aromatic rings. The summed E-state index contributed by atoms with van der Waals surface area (Å²) in [6.45, 7) is 16.3. The second-order valence-corrected chi connectivity index (χ2v) is 13.0. The van der Waals surface area contributed by atoms with Gasteiger partial charge in [-0.25, -0.2) is 0 Å². The van der Waals surface area contributed by atoms with Gasteiger partial charge in [0, 0.05) is 24.2 Å². The van der Waals surface area contributed by atoms with Crippen molar-refractivity contribution in [2.75, 3.05) is 33.0 Å². The Kier molecular flexibility index (Phi) is 18.6. The van der Waals surface area contributed by atoms with E-state index in [0.29, 0.717) is 24.5 Å². The molecule has 234 valence electrons. The zero-order chi connectivity index (χ0) is 30.8. The molecule has 0 bridgehead atoms. The zero-order valence-electron chi connectivity index (χ0n) is 26.8. The molecule has 0 aliphatic heterocycles. The lowest BCUT2D eigenvalue weighted by Gasteiger charge is -2.27. The Morgan fingerprint density at radius 1 is 0.725 bits per heavy atom. The molecular formula is C33H60O7. The summed E-state index contributed by atoms with van der Waals surface area (Å²) in [6.07, 6.45) is 11.8.